The van der Waals surface area contributed by atoms with Crippen molar-refractivity contribution < 1.29 is 9.59 Å². The third-order valence-electron chi connectivity index (χ3n) is 4.96. The number of amides is 2. The Hall–Kier alpha value is -1.47. The molecule has 132 valence electrons. The third-order valence-corrected chi connectivity index (χ3v) is 5.65. The van der Waals surface area contributed by atoms with Crippen LogP contribution in [0.5, 0.6) is 0 Å². The quantitative estimate of drug-likeness (QED) is 0.820. The van der Waals surface area contributed by atoms with E-state index in [1.54, 1.807) is 6.20 Å². The largest absolute Gasteiger partial charge is 0.343 e. The fourth-order valence-corrected chi connectivity index (χ4v) is 4.18. The number of nitrogens with zero attached hydrogens (tertiary/aromatic N) is 3. The number of hydrogen-bond acceptors (Lipinski definition) is 5. The molecule has 2 fully saturated rings. The van der Waals surface area contributed by atoms with Gasteiger partial charge in [0.25, 0.3) is 0 Å². The van der Waals surface area contributed by atoms with Gasteiger partial charge in [0.2, 0.25) is 11.8 Å². The van der Waals surface area contributed by atoms with Crippen LogP contribution in [0.25, 0.3) is 0 Å². The Kier molecular flexibility index (Phi) is 6.20. The van der Waals surface area contributed by atoms with Gasteiger partial charge in [-0.1, -0.05) is 6.42 Å². The number of nitrogens with one attached hydrogen (secondary N) is 1. The van der Waals surface area contributed by atoms with Crippen molar-refractivity contribution in [1.29, 1.82) is 0 Å². The summed E-state index contributed by atoms with van der Waals surface area (Å²) in [7, 11) is 0. The molecule has 0 radical (unpaired) electrons. The molecule has 2 saturated heterocycles. The predicted octanol–water partition coefficient (Wildman–Crippen LogP) is 2.34. The fourth-order valence-electron chi connectivity index (χ4n) is 3.64. The van der Waals surface area contributed by atoms with E-state index in [1.165, 1.54) is 30.6 Å². The van der Waals surface area contributed by atoms with Crippen molar-refractivity contribution in [2.45, 2.75) is 51.0 Å². The maximum absolute atomic E-state index is 12.0. The maximum atomic E-state index is 12.0. The van der Waals surface area contributed by atoms with Crippen LogP contribution in [0, 0.1) is 0 Å². The first kappa shape index (κ1) is 17.4. The Bertz CT molecular complexity index is 549. The first-order chi connectivity index (χ1) is 11.7. The molecule has 1 aromatic heterocycles. The molecule has 1 aromatic rings. The van der Waals surface area contributed by atoms with E-state index in [1.807, 2.05) is 10.3 Å². The van der Waals surface area contributed by atoms with Gasteiger partial charge in [0.05, 0.1) is 0 Å². The average molecular weight is 350 g/mol. The molecular weight excluding hydrogens is 324 g/mol. The van der Waals surface area contributed by atoms with E-state index in [0.717, 1.165) is 39.0 Å². The number of anilines is 1. The summed E-state index contributed by atoms with van der Waals surface area (Å²) in [6.07, 6.45) is 8.57. The lowest BCUT2D eigenvalue weighted by molar-refractivity contribution is -0.127. The highest BCUT2D eigenvalue weighted by molar-refractivity contribution is 7.13. The second-order valence-corrected chi connectivity index (χ2v) is 7.49. The highest BCUT2D eigenvalue weighted by atomic mass is 32.1. The van der Waals surface area contributed by atoms with Crippen molar-refractivity contribution in [3.8, 4) is 0 Å². The second-order valence-electron chi connectivity index (χ2n) is 6.59. The van der Waals surface area contributed by atoms with Crippen molar-refractivity contribution >= 4 is 28.3 Å². The van der Waals surface area contributed by atoms with E-state index in [9.17, 15) is 9.59 Å². The SMILES string of the molecule is O=C(CCN1CCCC[C@@H]1CCN1CCCC1=O)Nc1nccs1. The Balaban J connectivity index is 1.43. The van der Waals surface area contributed by atoms with Gasteiger partial charge < -0.3 is 10.2 Å². The van der Waals surface area contributed by atoms with Crippen LogP contribution in [0.3, 0.4) is 0 Å². The Labute approximate surface area is 147 Å². The van der Waals surface area contributed by atoms with Crippen molar-refractivity contribution in [3.63, 3.8) is 0 Å². The molecule has 0 aliphatic carbocycles. The number of carbonyl (C=O) groups is 2. The van der Waals surface area contributed by atoms with Gasteiger partial charge in [-0.25, -0.2) is 4.98 Å². The maximum Gasteiger partial charge on any atom is 0.227 e. The summed E-state index contributed by atoms with van der Waals surface area (Å²) < 4.78 is 0. The number of carbonyl (C=O) groups excluding carboxylic acids is 2. The molecule has 2 amide bonds. The lowest BCUT2D eigenvalue weighted by Gasteiger charge is -2.36. The number of rotatable bonds is 7. The molecule has 7 heteroatoms. The Morgan fingerprint density at radius 3 is 2.96 bits per heavy atom. The molecule has 3 heterocycles. The molecular formula is C17H26N4O2S. The normalized spacial score (nSPS) is 22.1. The van der Waals surface area contributed by atoms with Gasteiger partial charge in [0.15, 0.2) is 5.13 Å². The highest BCUT2D eigenvalue weighted by Crippen LogP contribution is 2.21. The van der Waals surface area contributed by atoms with E-state index in [4.69, 9.17) is 0 Å². The van der Waals surface area contributed by atoms with Crippen molar-refractivity contribution in [2.75, 3.05) is 31.5 Å². The summed E-state index contributed by atoms with van der Waals surface area (Å²) >= 11 is 1.44. The summed E-state index contributed by atoms with van der Waals surface area (Å²) in [5.41, 5.74) is 0. The minimum absolute atomic E-state index is 0.0315. The van der Waals surface area contributed by atoms with Gasteiger partial charge in [-0.05, 0) is 32.2 Å². The van der Waals surface area contributed by atoms with Crippen LogP contribution in [0.15, 0.2) is 11.6 Å². The van der Waals surface area contributed by atoms with Crippen molar-refractivity contribution in [3.05, 3.63) is 11.6 Å². The zero-order chi connectivity index (χ0) is 16.8. The molecule has 24 heavy (non-hydrogen) atoms. The fraction of sp³-hybridized carbons (Fsp3) is 0.706. The Morgan fingerprint density at radius 2 is 2.21 bits per heavy atom. The summed E-state index contributed by atoms with van der Waals surface area (Å²) in [4.78, 5) is 32.3. The molecule has 3 rings (SSSR count). The van der Waals surface area contributed by atoms with Crippen LogP contribution in [0.2, 0.25) is 0 Å². The van der Waals surface area contributed by atoms with Crippen LogP contribution >= 0.6 is 11.3 Å². The molecule has 0 bridgehead atoms. The zero-order valence-electron chi connectivity index (χ0n) is 14.1. The number of thiazole rings is 1. The topological polar surface area (TPSA) is 65.5 Å². The van der Waals surface area contributed by atoms with Crippen LogP contribution in [0.1, 0.15) is 44.9 Å². The van der Waals surface area contributed by atoms with Crippen LogP contribution in [0.4, 0.5) is 5.13 Å². The molecule has 0 spiro atoms. The van der Waals surface area contributed by atoms with Gasteiger partial charge in [-0.3, -0.25) is 14.5 Å². The third kappa shape index (κ3) is 4.77. The van der Waals surface area contributed by atoms with Gasteiger partial charge in [0, 0.05) is 50.1 Å². The van der Waals surface area contributed by atoms with E-state index >= 15 is 0 Å². The highest BCUT2D eigenvalue weighted by Gasteiger charge is 2.26. The molecule has 2 aliphatic heterocycles. The Morgan fingerprint density at radius 1 is 1.29 bits per heavy atom. The van der Waals surface area contributed by atoms with Gasteiger partial charge in [-0.15, -0.1) is 11.3 Å². The smallest absolute Gasteiger partial charge is 0.227 e. The van der Waals surface area contributed by atoms with Gasteiger partial charge in [-0.2, -0.15) is 0 Å². The van der Waals surface area contributed by atoms with Crippen molar-refractivity contribution in [1.82, 2.24) is 14.8 Å². The first-order valence-corrected chi connectivity index (χ1v) is 9.81. The molecule has 0 unspecified atom stereocenters. The molecule has 0 aromatic carbocycles. The molecule has 1 N–H and O–H groups in total. The lowest BCUT2D eigenvalue weighted by atomic mass is 9.99. The van der Waals surface area contributed by atoms with E-state index < -0.39 is 0 Å². The standard InChI is InChI=1S/C17H26N4O2S/c22-15(19-17-18-8-13-24-17)7-12-20-9-2-1-4-14(20)6-11-21-10-3-5-16(21)23/h8,13-14H,1-7,9-12H2,(H,18,19,22)/t14-/m1/s1. The monoisotopic (exact) mass is 350 g/mol. The number of aromatic nitrogens is 1. The second kappa shape index (κ2) is 8.58. The minimum atomic E-state index is 0.0315. The van der Waals surface area contributed by atoms with E-state index in [0.29, 0.717) is 29.9 Å². The van der Waals surface area contributed by atoms with Crippen LogP contribution in [-0.4, -0.2) is 58.8 Å². The predicted molar refractivity (Wildman–Crippen MR) is 95.0 cm³/mol. The summed E-state index contributed by atoms with van der Waals surface area (Å²) in [5.74, 6) is 0.337. The van der Waals surface area contributed by atoms with Crippen LogP contribution in [-0.2, 0) is 9.59 Å². The first-order valence-electron chi connectivity index (χ1n) is 8.93. The van der Waals surface area contributed by atoms with Crippen LogP contribution < -0.4 is 5.32 Å². The van der Waals surface area contributed by atoms with Gasteiger partial charge in [0.1, 0.15) is 0 Å². The summed E-state index contributed by atoms with van der Waals surface area (Å²) in [6, 6.07) is 0.500. The van der Waals surface area contributed by atoms with E-state index in [-0.39, 0.29) is 5.91 Å². The number of piperidine rings is 1. The zero-order valence-corrected chi connectivity index (χ0v) is 14.9. The molecule has 1 atom stereocenters. The average Bonchev–Trinajstić information content (AvgIpc) is 3.23. The summed E-state index contributed by atoms with van der Waals surface area (Å²) in [5, 5.41) is 5.37. The van der Waals surface area contributed by atoms with Gasteiger partial charge >= 0.3 is 0 Å². The molecule has 0 saturated carbocycles. The van der Waals surface area contributed by atoms with E-state index in [2.05, 4.69) is 15.2 Å². The van der Waals surface area contributed by atoms with Crippen molar-refractivity contribution in [2.24, 2.45) is 0 Å². The summed E-state index contributed by atoms with van der Waals surface area (Å²) in [6.45, 7) is 3.63. The molecule has 6 nitrogen and oxygen atoms in total. The minimum Gasteiger partial charge on any atom is -0.343 e. The number of hydrogen-bond donors (Lipinski definition) is 1. The molecule has 2 aliphatic rings. The number of likely N-dealkylation sites (tertiary alicyclic amines) is 2. The lowest BCUT2D eigenvalue weighted by Crippen LogP contribution is -2.43.